The SMILES string of the molecule is OC[C@H](c1ccc(O)cc1)N1C[C@@H]2CC(O)(Cc3ccccc3)C[C@@H]2C1. The van der Waals surface area contributed by atoms with Crippen molar-refractivity contribution in [3.05, 3.63) is 65.7 Å². The van der Waals surface area contributed by atoms with Gasteiger partial charge >= 0.3 is 0 Å². The van der Waals surface area contributed by atoms with Crippen LogP contribution >= 0.6 is 0 Å². The Morgan fingerprint density at radius 1 is 0.962 bits per heavy atom. The predicted octanol–water partition coefficient (Wildman–Crippen LogP) is 2.74. The largest absolute Gasteiger partial charge is 0.508 e. The maximum Gasteiger partial charge on any atom is 0.115 e. The van der Waals surface area contributed by atoms with Crippen LogP contribution < -0.4 is 0 Å². The van der Waals surface area contributed by atoms with Gasteiger partial charge in [-0.3, -0.25) is 4.90 Å². The Balaban J connectivity index is 1.42. The molecule has 4 rings (SSSR count). The van der Waals surface area contributed by atoms with Gasteiger partial charge in [-0.15, -0.1) is 0 Å². The van der Waals surface area contributed by atoms with Gasteiger partial charge in [-0.05, 0) is 47.9 Å². The second kappa shape index (κ2) is 7.03. The lowest BCUT2D eigenvalue weighted by molar-refractivity contribution is 0.0312. The number of rotatable bonds is 5. The number of nitrogens with zero attached hydrogens (tertiary/aromatic N) is 1. The van der Waals surface area contributed by atoms with E-state index < -0.39 is 5.60 Å². The van der Waals surface area contributed by atoms with Crippen LogP contribution in [0.2, 0.25) is 0 Å². The Labute approximate surface area is 154 Å². The van der Waals surface area contributed by atoms with Crippen LogP contribution in [0.15, 0.2) is 54.6 Å². The van der Waals surface area contributed by atoms with Crippen molar-refractivity contribution in [3.63, 3.8) is 0 Å². The standard InChI is InChI=1S/C22H27NO3/c24-15-21(17-6-8-20(25)9-7-17)23-13-18-11-22(26,12-19(18)14-23)10-16-4-2-1-3-5-16/h1-9,18-19,21,24-26H,10-15H2/t18-,19+,21-,22?/m1/s1. The van der Waals surface area contributed by atoms with E-state index in [2.05, 4.69) is 17.0 Å². The Kier molecular flexibility index (Phi) is 4.74. The van der Waals surface area contributed by atoms with Gasteiger partial charge in [-0.25, -0.2) is 0 Å². The molecule has 0 amide bonds. The molecule has 3 N–H and O–H groups in total. The Hall–Kier alpha value is -1.88. The fourth-order valence-electron chi connectivity index (χ4n) is 5.00. The molecule has 1 heterocycles. The molecular weight excluding hydrogens is 326 g/mol. The molecule has 1 aliphatic heterocycles. The average molecular weight is 353 g/mol. The van der Waals surface area contributed by atoms with Crippen molar-refractivity contribution < 1.29 is 15.3 Å². The molecule has 0 bridgehead atoms. The molecule has 4 atom stereocenters. The van der Waals surface area contributed by atoms with Crippen molar-refractivity contribution in [2.75, 3.05) is 19.7 Å². The summed E-state index contributed by atoms with van der Waals surface area (Å²) in [5.74, 6) is 1.21. The molecule has 4 nitrogen and oxygen atoms in total. The number of phenols is 1. The van der Waals surface area contributed by atoms with Gasteiger partial charge in [0.1, 0.15) is 5.75 Å². The normalized spacial score (nSPS) is 29.6. The average Bonchev–Trinajstić information content (AvgIpc) is 3.12. The van der Waals surface area contributed by atoms with E-state index >= 15 is 0 Å². The van der Waals surface area contributed by atoms with Crippen LogP contribution in [0.25, 0.3) is 0 Å². The molecule has 0 radical (unpaired) electrons. The lowest BCUT2D eigenvalue weighted by Gasteiger charge is -2.30. The number of hydrogen-bond donors (Lipinski definition) is 3. The van der Waals surface area contributed by atoms with E-state index in [1.54, 1.807) is 12.1 Å². The number of phenolic OH excluding ortho intramolecular Hbond substituents is 1. The Morgan fingerprint density at radius 3 is 2.15 bits per heavy atom. The third-order valence-corrected chi connectivity index (χ3v) is 6.16. The second-order valence-corrected chi connectivity index (χ2v) is 8.06. The van der Waals surface area contributed by atoms with Crippen molar-refractivity contribution in [1.29, 1.82) is 0 Å². The zero-order chi connectivity index (χ0) is 18.1. The molecule has 2 aromatic carbocycles. The summed E-state index contributed by atoms with van der Waals surface area (Å²) < 4.78 is 0. The lowest BCUT2D eigenvalue weighted by Crippen LogP contribution is -2.34. The highest BCUT2D eigenvalue weighted by molar-refractivity contribution is 5.28. The minimum absolute atomic E-state index is 0.0385. The third kappa shape index (κ3) is 3.50. The Bertz CT molecular complexity index is 717. The van der Waals surface area contributed by atoms with Crippen molar-refractivity contribution in [3.8, 4) is 5.75 Å². The monoisotopic (exact) mass is 353 g/mol. The summed E-state index contributed by atoms with van der Waals surface area (Å²) in [6, 6.07) is 17.3. The summed E-state index contributed by atoms with van der Waals surface area (Å²) in [6.07, 6.45) is 2.38. The first-order chi connectivity index (χ1) is 12.6. The van der Waals surface area contributed by atoms with Crippen molar-refractivity contribution in [2.24, 2.45) is 11.8 Å². The minimum atomic E-state index is -0.601. The number of benzene rings is 2. The number of aliphatic hydroxyl groups excluding tert-OH is 1. The highest BCUT2D eigenvalue weighted by Crippen LogP contribution is 2.47. The van der Waals surface area contributed by atoms with Crippen LogP contribution in [0.3, 0.4) is 0 Å². The van der Waals surface area contributed by atoms with Gasteiger partial charge in [0.2, 0.25) is 0 Å². The second-order valence-electron chi connectivity index (χ2n) is 8.06. The molecule has 1 unspecified atom stereocenters. The van der Waals surface area contributed by atoms with Crippen LogP contribution in [0.4, 0.5) is 0 Å². The first kappa shape index (κ1) is 17.5. The molecule has 1 aliphatic carbocycles. The molecule has 0 spiro atoms. The summed E-state index contributed by atoms with van der Waals surface area (Å²) in [5, 5.41) is 30.5. The molecule has 2 aliphatic rings. The zero-order valence-electron chi connectivity index (χ0n) is 15.0. The van der Waals surface area contributed by atoms with Crippen LogP contribution in [0.1, 0.15) is 30.0 Å². The van der Waals surface area contributed by atoms with Gasteiger partial charge in [0.15, 0.2) is 0 Å². The number of likely N-dealkylation sites (tertiary alicyclic amines) is 1. The minimum Gasteiger partial charge on any atom is -0.508 e. The van der Waals surface area contributed by atoms with Gasteiger partial charge in [-0.1, -0.05) is 42.5 Å². The summed E-state index contributed by atoms with van der Waals surface area (Å²) >= 11 is 0. The van der Waals surface area contributed by atoms with Gasteiger partial charge in [0, 0.05) is 19.5 Å². The third-order valence-electron chi connectivity index (χ3n) is 6.16. The van der Waals surface area contributed by atoms with Crippen LogP contribution in [-0.4, -0.2) is 45.5 Å². The van der Waals surface area contributed by atoms with Crippen LogP contribution in [0, 0.1) is 11.8 Å². The summed E-state index contributed by atoms with van der Waals surface area (Å²) in [6.45, 7) is 1.89. The maximum absolute atomic E-state index is 11.1. The van der Waals surface area contributed by atoms with Gasteiger partial charge in [0.25, 0.3) is 0 Å². The summed E-state index contributed by atoms with van der Waals surface area (Å²) in [7, 11) is 0. The molecule has 1 saturated heterocycles. The quantitative estimate of drug-likeness (QED) is 0.773. The fourth-order valence-corrected chi connectivity index (χ4v) is 5.00. The maximum atomic E-state index is 11.1. The number of aromatic hydroxyl groups is 1. The molecule has 2 fully saturated rings. The van der Waals surface area contributed by atoms with Crippen LogP contribution in [0.5, 0.6) is 5.75 Å². The molecule has 26 heavy (non-hydrogen) atoms. The Morgan fingerprint density at radius 2 is 1.58 bits per heavy atom. The van der Waals surface area contributed by atoms with E-state index in [0.717, 1.165) is 37.9 Å². The lowest BCUT2D eigenvalue weighted by atomic mass is 9.91. The van der Waals surface area contributed by atoms with Gasteiger partial charge < -0.3 is 15.3 Å². The van der Waals surface area contributed by atoms with E-state index in [1.807, 2.05) is 30.3 Å². The number of hydrogen-bond acceptors (Lipinski definition) is 4. The fraction of sp³-hybridized carbons (Fsp3) is 0.455. The summed E-state index contributed by atoms with van der Waals surface area (Å²) in [4.78, 5) is 2.34. The van der Waals surface area contributed by atoms with Gasteiger partial charge in [-0.2, -0.15) is 0 Å². The van der Waals surface area contributed by atoms with E-state index in [-0.39, 0.29) is 18.4 Å². The molecule has 138 valence electrons. The first-order valence-electron chi connectivity index (χ1n) is 9.46. The smallest absolute Gasteiger partial charge is 0.115 e. The van der Waals surface area contributed by atoms with Crippen LogP contribution in [-0.2, 0) is 6.42 Å². The molecular formula is C22H27NO3. The highest BCUT2D eigenvalue weighted by Gasteiger charge is 2.49. The molecule has 0 aromatic heterocycles. The number of fused-ring (bicyclic) bond motifs is 1. The molecule has 1 saturated carbocycles. The van der Waals surface area contributed by atoms with Crippen molar-refractivity contribution in [2.45, 2.75) is 30.9 Å². The summed E-state index contributed by atoms with van der Waals surface area (Å²) in [5.41, 5.74) is 1.63. The van der Waals surface area contributed by atoms with Crippen molar-refractivity contribution >= 4 is 0 Å². The predicted molar refractivity (Wildman–Crippen MR) is 101 cm³/mol. The number of aliphatic hydroxyl groups is 2. The molecule has 2 aromatic rings. The molecule has 4 heteroatoms. The van der Waals surface area contributed by atoms with Gasteiger partial charge in [0.05, 0.1) is 18.2 Å². The van der Waals surface area contributed by atoms with E-state index in [4.69, 9.17) is 0 Å². The van der Waals surface area contributed by atoms with E-state index in [0.29, 0.717) is 11.8 Å². The highest BCUT2D eigenvalue weighted by atomic mass is 16.3. The zero-order valence-corrected chi connectivity index (χ0v) is 15.0. The first-order valence-corrected chi connectivity index (χ1v) is 9.46. The topological polar surface area (TPSA) is 63.9 Å². The van der Waals surface area contributed by atoms with Crippen molar-refractivity contribution in [1.82, 2.24) is 4.90 Å². The van der Waals surface area contributed by atoms with E-state index in [9.17, 15) is 15.3 Å². The van der Waals surface area contributed by atoms with E-state index in [1.165, 1.54) is 5.56 Å².